The summed E-state index contributed by atoms with van der Waals surface area (Å²) in [4.78, 5) is 43.0. The van der Waals surface area contributed by atoms with E-state index >= 15 is 0 Å². The van der Waals surface area contributed by atoms with Crippen molar-refractivity contribution in [2.24, 2.45) is 0 Å². The highest BCUT2D eigenvalue weighted by Crippen LogP contribution is 2.45. The summed E-state index contributed by atoms with van der Waals surface area (Å²) in [6.07, 6.45) is 1.11. The first-order valence-corrected chi connectivity index (χ1v) is 10.1. The Kier molecular flexibility index (Phi) is 4.82. The van der Waals surface area contributed by atoms with Gasteiger partial charge in [-0.05, 0) is 43.2 Å². The summed E-state index contributed by atoms with van der Waals surface area (Å²) in [5.41, 5.74) is 0.856. The first-order chi connectivity index (χ1) is 13.9. The van der Waals surface area contributed by atoms with Gasteiger partial charge in [0.05, 0.1) is 11.3 Å². The van der Waals surface area contributed by atoms with E-state index in [1.807, 2.05) is 13.8 Å². The zero-order valence-corrected chi connectivity index (χ0v) is 17.1. The number of nitrogens with one attached hydrogen (secondary N) is 1. The van der Waals surface area contributed by atoms with Crippen LogP contribution in [0.25, 0.3) is 0 Å². The molecule has 2 aromatic rings. The third-order valence-corrected chi connectivity index (χ3v) is 6.11. The number of fused-ring (bicyclic) bond motifs is 3. The van der Waals surface area contributed by atoms with Crippen LogP contribution in [-0.2, 0) is 9.59 Å². The Morgan fingerprint density at radius 1 is 1.17 bits per heavy atom. The summed E-state index contributed by atoms with van der Waals surface area (Å²) >= 11 is 6.20. The molecule has 0 bridgehead atoms. The lowest BCUT2D eigenvalue weighted by Gasteiger charge is -2.49. The van der Waals surface area contributed by atoms with Crippen molar-refractivity contribution in [3.05, 3.63) is 58.6 Å². The van der Waals surface area contributed by atoms with Crippen molar-refractivity contribution < 1.29 is 14.4 Å². The van der Waals surface area contributed by atoms with Crippen molar-refractivity contribution in [2.75, 3.05) is 16.8 Å². The topological polar surface area (TPSA) is 69.7 Å². The predicted octanol–water partition coefficient (Wildman–Crippen LogP) is 3.98. The van der Waals surface area contributed by atoms with Crippen LogP contribution in [0.1, 0.15) is 42.1 Å². The van der Waals surface area contributed by atoms with Crippen LogP contribution in [-0.4, -0.2) is 34.8 Å². The monoisotopic (exact) mass is 411 g/mol. The molecule has 6 nitrogen and oxygen atoms in total. The van der Waals surface area contributed by atoms with E-state index in [9.17, 15) is 14.4 Å². The van der Waals surface area contributed by atoms with Gasteiger partial charge in [-0.1, -0.05) is 36.7 Å². The second kappa shape index (κ2) is 7.19. The molecule has 0 radical (unpaired) electrons. The average molecular weight is 412 g/mol. The molecular weight excluding hydrogens is 390 g/mol. The summed E-state index contributed by atoms with van der Waals surface area (Å²) in [7, 11) is 0. The fourth-order valence-electron chi connectivity index (χ4n) is 4.28. The lowest BCUT2D eigenvalue weighted by Crippen LogP contribution is -2.69. The molecule has 2 aliphatic rings. The Hall–Kier alpha value is -2.86. The number of halogens is 1. The van der Waals surface area contributed by atoms with Crippen molar-refractivity contribution in [3.8, 4) is 0 Å². The zero-order chi connectivity index (χ0) is 20.8. The van der Waals surface area contributed by atoms with Crippen molar-refractivity contribution in [2.45, 2.75) is 38.8 Å². The molecule has 150 valence electrons. The van der Waals surface area contributed by atoms with E-state index in [0.29, 0.717) is 34.9 Å². The van der Waals surface area contributed by atoms with Crippen LogP contribution in [0.5, 0.6) is 0 Å². The maximum absolute atomic E-state index is 13.7. The van der Waals surface area contributed by atoms with E-state index in [4.69, 9.17) is 11.6 Å². The molecule has 3 amide bonds. The lowest BCUT2D eigenvalue weighted by atomic mass is 9.95. The molecule has 0 saturated carbocycles. The van der Waals surface area contributed by atoms with Crippen LogP contribution >= 0.6 is 11.6 Å². The van der Waals surface area contributed by atoms with Gasteiger partial charge in [-0.3, -0.25) is 19.3 Å². The van der Waals surface area contributed by atoms with Gasteiger partial charge >= 0.3 is 0 Å². The number of anilines is 2. The first kappa shape index (κ1) is 19.5. The van der Waals surface area contributed by atoms with Crippen LogP contribution in [0.4, 0.5) is 11.4 Å². The highest BCUT2D eigenvalue weighted by atomic mass is 35.5. The molecule has 4 rings (SSSR count). The van der Waals surface area contributed by atoms with Crippen LogP contribution in [0.15, 0.2) is 42.5 Å². The van der Waals surface area contributed by atoms with Gasteiger partial charge in [0.25, 0.3) is 11.8 Å². The van der Waals surface area contributed by atoms with Gasteiger partial charge in [0.2, 0.25) is 11.6 Å². The summed E-state index contributed by atoms with van der Waals surface area (Å²) in [5.74, 6) is -0.791. The minimum Gasteiger partial charge on any atom is -0.322 e. The van der Waals surface area contributed by atoms with E-state index in [0.717, 1.165) is 5.56 Å². The van der Waals surface area contributed by atoms with Crippen LogP contribution < -0.4 is 10.2 Å². The van der Waals surface area contributed by atoms with Gasteiger partial charge in [-0.2, -0.15) is 0 Å². The van der Waals surface area contributed by atoms with Gasteiger partial charge < -0.3 is 10.2 Å². The van der Waals surface area contributed by atoms with E-state index in [1.165, 1.54) is 4.90 Å². The van der Waals surface area contributed by atoms with Crippen LogP contribution in [0, 0.1) is 6.92 Å². The van der Waals surface area contributed by atoms with Crippen molar-refractivity contribution in [1.82, 2.24) is 4.90 Å². The molecule has 0 spiro atoms. The number of para-hydroxylation sites is 1. The molecule has 2 aromatic carbocycles. The normalized spacial score (nSPS) is 20.5. The smallest absolute Gasteiger partial charge is 0.271 e. The van der Waals surface area contributed by atoms with Crippen molar-refractivity contribution in [3.63, 3.8) is 0 Å². The van der Waals surface area contributed by atoms with Gasteiger partial charge in [0.1, 0.15) is 0 Å². The third-order valence-electron chi connectivity index (χ3n) is 5.70. The molecule has 0 aliphatic carbocycles. The van der Waals surface area contributed by atoms with Gasteiger partial charge in [-0.15, -0.1) is 0 Å². The lowest BCUT2D eigenvalue weighted by molar-refractivity contribution is -0.128. The molecule has 1 atom stereocenters. The summed E-state index contributed by atoms with van der Waals surface area (Å²) in [6, 6.07) is 12.2. The first-order valence-electron chi connectivity index (χ1n) is 9.72. The van der Waals surface area contributed by atoms with Gasteiger partial charge in [-0.25, -0.2) is 0 Å². The van der Waals surface area contributed by atoms with E-state index in [1.54, 1.807) is 47.4 Å². The number of hydrogen-bond donors (Lipinski definition) is 1. The summed E-state index contributed by atoms with van der Waals surface area (Å²) < 4.78 is 0. The number of amides is 3. The predicted molar refractivity (Wildman–Crippen MR) is 112 cm³/mol. The highest BCUT2D eigenvalue weighted by molar-refractivity contribution is 6.31. The fourth-order valence-corrected chi connectivity index (χ4v) is 4.45. The molecule has 29 heavy (non-hydrogen) atoms. The van der Waals surface area contributed by atoms with Gasteiger partial charge in [0, 0.05) is 30.1 Å². The Balaban J connectivity index is 1.85. The second-order valence-electron chi connectivity index (χ2n) is 7.39. The van der Waals surface area contributed by atoms with E-state index < -0.39 is 11.6 Å². The van der Waals surface area contributed by atoms with E-state index in [-0.39, 0.29) is 24.7 Å². The Morgan fingerprint density at radius 2 is 1.93 bits per heavy atom. The highest BCUT2D eigenvalue weighted by Gasteiger charge is 2.60. The standard InChI is InChI=1S/C22H22ClN3O3/c1-3-13-25-20(28)15-7-4-5-10-18(15)26-19(27)11-12-22(25,26)21(29)24-17-9-6-8-16(23)14(17)2/h4-10H,3,11-13H2,1-2H3,(H,24,29). The number of rotatable bonds is 4. The molecular formula is C22H22ClN3O3. The number of carbonyl (C=O) groups is 3. The van der Waals surface area contributed by atoms with Crippen molar-refractivity contribution >= 4 is 40.7 Å². The largest absolute Gasteiger partial charge is 0.322 e. The minimum absolute atomic E-state index is 0.163. The molecule has 0 aromatic heterocycles. The molecule has 1 fully saturated rings. The molecule has 1 N–H and O–H groups in total. The maximum atomic E-state index is 13.7. The quantitative estimate of drug-likeness (QED) is 0.827. The molecule has 7 heteroatoms. The molecule has 1 unspecified atom stereocenters. The average Bonchev–Trinajstić information content (AvgIpc) is 3.07. The number of nitrogens with zero attached hydrogens (tertiary/aromatic N) is 2. The van der Waals surface area contributed by atoms with Gasteiger partial charge in [0.15, 0.2) is 0 Å². The Bertz CT molecular complexity index is 1020. The Labute approximate surface area is 174 Å². The number of benzene rings is 2. The van der Waals surface area contributed by atoms with Crippen molar-refractivity contribution in [1.29, 1.82) is 0 Å². The third kappa shape index (κ3) is 2.82. The Morgan fingerprint density at radius 3 is 2.69 bits per heavy atom. The second-order valence-corrected chi connectivity index (χ2v) is 7.79. The van der Waals surface area contributed by atoms with Crippen LogP contribution in [0.2, 0.25) is 5.02 Å². The summed E-state index contributed by atoms with van der Waals surface area (Å²) in [6.45, 7) is 4.14. The number of hydrogen-bond acceptors (Lipinski definition) is 3. The number of carbonyl (C=O) groups excluding carboxylic acids is 3. The molecule has 2 aliphatic heterocycles. The molecule has 2 heterocycles. The fraction of sp³-hybridized carbons (Fsp3) is 0.318. The molecule has 1 saturated heterocycles. The van der Waals surface area contributed by atoms with Crippen LogP contribution in [0.3, 0.4) is 0 Å². The van der Waals surface area contributed by atoms with E-state index in [2.05, 4.69) is 5.32 Å². The minimum atomic E-state index is -1.38. The SMILES string of the molecule is CCCN1C(=O)c2ccccc2N2C(=O)CCC12C(=O)Nc1cccc(Cl)c1C. The summed E-state index contributed by atoms with van der Waals surface area (Å²) in [5, 5.41) is 3.47. The maximum Gasteiger partial charge on any atom is 0.271 e. The zero-order valence-electron chi connectivity index (χ0n) is 16.4.